The average molecular weight is 465 g/mol. The molecule has 0 saturated carbocycles. The predicted octanol–water partition coefficient (Wildman–Crippen LogP) is 4.63. The van der Waals surface area contributed by atoms with E-state index in [-0.39, 0.29) is 11.5 Å². The lowest BCUT2D eigenvalue weighted by Crippen LogP contribution is -2.51. The standard InChI is InChI=1S/C24H25ClN6S/c25-21-18(7-8-28-23(21)27)32-20-13-29-19(12-30-20)31-15-5-6-16(31)11-24(10-15)9-14-3-1-2-4-17(14)22(24)26/h1-4,7-8,12-13,15-16,22H,5-6,9-11,26H2,(H2,27,28)/t15-,16?,22-,24?/m1/s1. The molecule has 4 atom stereocenters. The summed E-state index contributed by atoms with van der Waals surface area (Å²) in [5.41, 5.74) is 15.6. The Balaban J connectivity index is 1.21. The fourth-order valence-corrected chi connectivity index (χ4v) is 7.09. The van der Waals surface area contributed by atoms with E-state index < -0.39 is 0 Å². The molecule has 8 heteroatoms. The van der Waals surface area contributed by atoms with Gasteiger partial charge in [0, 0.05) is 29.2 Å². The fourth-order valence-electron chi connectivity index (χ4n) is 6.10. The van der Waals surface area contributed by atoms with E-state index in [1.807, 2.05) is 18.5 Å². The minimum absolute atomic E-state index is 0.131. The molecule has 6 rings (SSSR count). The number of hydrogen-bond acceptors (Lipinski definition) is 7. The quantitative estimate of drug-likeness (QED) is 0.583. The molecular formula is C24H25ClN6S. The van der Waals surface area contributed by atoms with E-state index in [9.17, 15) is 0 Å². The number of anilines is 2. The summed E-state index contributed by atoms with van der Waals surface area (Å²) in [6, 6.07) is 11.6. The van der Waals surface area contributed by atoms with Crippen molar-refractivity contribution in [2.75, 3.05) is 10.6 Å². The molecule has 3 aliphatic rings. The molecule has 2 bridgehead atoms. The molecule has 2 unspecified atom stereocenters. The molecule has 4 N–H and O–H groups in total. The van der Waals surface area contributed by atoms with E-state index in [0.29, 0.717) is 22.9 Å². The van der Waals surface area contributed by atoms with Crippen molar-refractivity contribution in [1.82, 2.24) is 15.0 Å². The van der Waals surface area contributed by atoms with Crippen LogP contribution in [0.3, 0.4) is 0 Å². The molecule has 0 amide bonds. The van der Waals surface area contributed by atoms with Crippen molar-refractivity contribution in [3.8, 4) is 0 Å². The number of nitrogens with two attached hydrogens (primary N) is 2. The molecular weight excluding hydrogens is 440 g/mol. The Morgan fingerprint density at radius 3 is 2.53 bits per heavy atom. The van der Waals surface area contributed by atoms with Crippen LogP contribution < -0.4 is 16.4 Å². The predicted molar refractivity (Wildman–Crippen MR) is 128 cm³/mol. The van der Waals surface area contributed by atoms with Gasteiger partial charge in [-0.2, -0.15) is 0 Å². The summed E-state index contributed by atoms with van der Waals surface area (Å²) in [6.45, 7) is 0. The molecule has 3 aromatic rings. The van der Waals surface area contributed by atoms with Gasteiger partial charge in [-0.15, -0.1) is 0 Å². The molecule has 32 heavy (non-hydrogen) atoms. The zero-order valence-electron chi connectivity index (χ0n) is 17.6. The summed E-state index contributed by atoms with van der Waals surface area (Å²) in [5, 5.41) is 1.24. The molecule has 0 radical (unpaired) electrons. The van der Waals surface area contributed by atoms with Crippen LogP contribution in [0.15, 0.2) is 58.8 Å². The molecule has 4 heterocycles. The van der Waals surface area contributed by atoms with E-state index in [1.165, 1.54) is 35.7 Å². The smallest absolute Gasteiger partial charge is 0.147 e. The van der Waals surface area contributed by atoms with E-state index >= 15 is 0 Å². The number of hydrogen-bond donors (Lipinski definition) is 2. The summed E-state index contributed by atoms with van der Waals surface area (Å²) >= 11 is 7.72. The number of fused-ring (bicyclic) bond motifs is 3. The maximum Gasteiger partial charge on any atom is 0.147 e. The van der Waals surface area contributed by atoms with Crippen LogP contribution in [0.4, 0.5) is 11.6 Å². The molecule has 2 aliphatic heterocycles. The summed E-state index contributed by atoms with van der Waals surface area (Å²) < 4.78 is 0. The Morgan fingerprint density at radius 1 is 1.03 bits per heavy atom. The highest BCUT2D eigenvalue weighted by atomic mass is 35.5. The molecule has 2 fully saturated rings. The number of piperidine rings is 1. The minimum Gasteiger partial charge on any atom is -0.382 e. The van der Waals surface area contributed by atoms with Gasteiger partial charge in [0.25, 0.3) is 0 Å². The molecule has 1 aliphatic carbocycles. The Morgan fingerprint density at radius 2 is 1.81 bits per heavy atom. The van der Waals surface area contributed by atoms with E-state index in [2.05, 4.69) is 39.1 Å². The van der Waals surface area contributed by atoms with Crippen LogP contribution in [-0.2, 0) is 6.42 Å². The lowest BCUT2D eigenvalue weighted by molar-refractivity contribution is 0.155. The Labute approximate surface area is 196 Å². The highest BCUT2D eigenvalue weighted by Crippen LogP contribution is 2.57. The molecule has 2 aromatic heterocycles. The number of nitrogen functional groups attached to an aromatic ring is 1. The molecule has 1 spiro atoms. The first-order valence-corrected chi connectivity index (χ1v) is 12.3. The normalized spacial score (nSPS) is 28.3. The lowest BCUT2D eigenvalue weighted by atomic mass is 9.70. The fraction of sp³-hybridized carbons (Fsp3) is 0.375. The number of benzene rings is 1. The first-order chi connectivity index (χ1) is 15.5. The molecule has 1 aromatic carbocycles. The van der Waals surface area contributed by atoms with Crippen molar-refractivity contribution in [2.24, 2.45) is 11.1 Å². The third-order valence-electron chi connectivity index (χ3n) is 7.47. The van der Waals surface area contributed by atoms with E-state index in [1.54, 1.807) is 6.20 Å². The maximum absolute atomic E-state index is 6.84. The number of rotatable bonds is 3. The Kier molecular flexibility index (Phi) is 4.82. The topological polar surface area (TPSA) is 94.0 Å². The number of nitrogens with zero attached hydrogens (tertiary/aromatic N) is 4. The van der Waals surface area contributed by atoms with Gasteiger partial charge >= 0.3 is 0 Å². The van der Waals surface area contributed by atoms with Crippen molar-refractivity contribution in [3.05, 3.63) is 65.1 Å². The summed E-state index contributed by atoms with van der Waals surface area (Å²) in [4.78, 5) is 16.8. The second-order valence-electron chi connectivity index (χ2n) is 9.24. The van der Waals surface area contributed by atoms with Crippen LogP contribution in [-0.4, -0.2) is 27.0 Å². The van der Waals surface area contributed by atoms with E-state index in [0.717, 1.165) is 35.0 Å². The van der Waals surface area contributed by atoms with Crippen LogP contribution >= 0.6 is 23.4 Å². The second kappa shape index (κ2) is 7.61. The van der Waals surface area contributed by atoms with Crippen molar-refractivity contribution in [2.45, 2.75) is 60.2 Å². The van der Waals surface area contributed by atoms with Gasteiger partial charge in [-0.3, -0.25) is 0 Å². The van der Waals surface area contributed by atoms with Crippen LogP contribution in [0.2, 0.25) is 5.02 Å². The van der Waals surface area contributed by atoms with Gasteiger partial charge in [-0.05, 0) is 54.7 Å². The van der Waals surface area contributed by atoms with Gasteiger partial charge < -0.3 is 16.4 Å². The zero-order valence-corrected chi connectivity index (χ0v) is 19.2. The van der Waals surface area contributed by atoms with Crippen LogP contribution in [0, 0.1) is 5.41 Å². The average Bonchev–Trinajstić information content (AvgIpc) is 3.23. The number of aromatic nitrogens is 3. The second-order valence-corrected chi connectivity index (χ2v) is 10.7. The van der Waals surface area contributed by atoms with Gasteiger partial charge in [0.15, 0.2) is 0 Å². The van der Waals surface area contributed by atoms with Gasteiger partial charge in [0.05, 0.1) is 17.4 Å². The van der Waals surface area contributed by atoms with Crippen molar-refractivity contribution >= 4 is 35.0 Å². The maximum atomic E-state index is 6.84. The Hall–Kier alpha value is -2.35. The van der Waals surface area contributed by atoms with Crippen molar-refractivity contribution in [1.29, 1.82) is 0 Å². The summed E-state index contributed by atoms with van der Waals surface area (Å²) in [5.74, 6) is 1.29. The van der Waals surface area contributed by atoms with E-state index in [4.69, 9.17) is 28.1 Å². The highest BCUT2D eigenvalue weighted by Gasteiger charge is 2.54. The van der Waals surface area contributed by atoms with Gasteiger partial charge in [0.1, 0.15) is 16.7 Å². The van der Waals surface area contributed by atoms with Crippen molar-refractivity contribution < 1.29 is 0 Å². The largest absolute Gasteiger partial charge is 0.382 e. The summed E-state index contributed by atoms with van der Waals surface area (Å²) in [6.07, 6.45) is 11.1. The first kappa shape index (κ1) is 20.3. The monoisotopic (exact) mass is 464 g/mol. The van der Waals surface area contributed by atoms with Gasteiger partial charge in [0.2, 0.25) is 0 Å². The third kappa shape index (κ3) is 3.17. The summed E-state index contributed by atoms with van der Waals surface area (Å²) in [7, 11) is 0. The van der Waals surface area contributed by atoms with Crippen molar-refractivity contribution in [3.63, 3.8) is 0 Å². The minimum atomic E-state index is 0.131. The lowest BCUT2D eigenvalue weighted by Gasteiger charge is -2.47. The van der Waals surface area contributed by atoms with Crippen LogP contribution in [0.1, 0.15) is 42.9 Å². The molecule has 164 valence electrons. The number of pyridine rings is 1. The number of halogens is 1. The Bertz CT molecular complexity index is 1160. The SMILES string of the molecule is Nc1nccc(Sc2cnc(N3C4CC[C@@H]3CC3(Cc5ccccc5[C@H]3N)C4)cn2)c1Cl. The van der Waals surface area contributed by atoms with Crippen LogP contribution in [0.5, 0.6) is 0 Å². The zero-order chi connectivity index (χ0) is 21.9. The van der Waals surface area contributed by atoms with Gasteiger partial charge in [-0.1, -0.05) is 47.6 Å². The van der Waals surface area contributed by atoms with Crippen LogP contribution in [0.25, 0.3) is 0 Å². The third-order valence-corrected chi connectivity index (χ3v) is 8.96. The van der Waals surface area contributed by atoms with Gasteiger partial charge in [-0.25, -0.2) is 15.0 Å². The first-order valence-electron chi connectivity index (χ1n) is 11.1. The molecule has 6 nitrogen and oxygen atoms in total. The highest BCUT2D eigenvalue weighted by molar-refractivity contribution is 7.99. The molecule has 2 saturated heterocycles.